The van der Waals surface area contributed by atoms with Crippen LogP contribution in [0.15, 0.2) is 101 Å². The van der Waals surface area contributed by atoms with E-state index in [1.54, 1.807) is 23.1 Å². The third-order valence-electron chi connectivity index (χ3n) is 5.28. The lowest BCUT2D eigenvalue weighted by Crippen LogP contribution is -2.31. The zero-order valence-electron chi connectivity index (χ0n) is 16.4. The molecule has 150 valence electrons. The van der Waals surface area contributed by atoms with Gasteiger partial charge in [0.05, 0.1) is 23.2 Å². The molecule has 6 heteroatoms. The molecule has 4 aromatic rings. The average molecular weight is 406 g/mol. The molecule has 0 unspecified atom stereocenters. The first-order valence-electron chi connectivity index (χ1n) is 9.77. The molecule has 0 radical (unpaired) electrons. The highest BCUT2D eigenvalue weighted by Gasteiger charge is 2.39. The second-order valence-corrected chi connectivity index (χ2v) is 7.19. The Hall–Kier alpha value is -4.50. The number of nitrogens with zero attached hydrogens (tertiary/aromatic N) is 3. The number of hydrogen-bond donors (Lipinski definition) is 2. The van der Waals surface area contributed by atoms with Gasteiger partial charge in [-0.2, -0.15) is 5.26 Å². The second-order valence-electron chi connectivity index (χ2n) is 7.19. The van der Waals surface area contributed by atoms with Crippen LogP contribution in [0, 0.1) is 11.3 Å². The summed E-state index contributed by atoms with van der Waals surface area (Å²) in [6.07, 6.45) is 0. The molecule has 3 N–H and O–H groups in total. The lowest BCUT2D eigenvalue weighted by atomic mass is 9.86. The summed E-state index contributed by atoms with van der Waals surface area (Å²) in [7, 11) is 0. The summed E-state index contributed by atoms with van der Waals surface area (Å²) in [5.74, 6) is 0.698. The van der Waals surface area contributed by atoms with Crippen molar-refractivity contribution < 1.29 is 9.52 Å². The number of para-hydroxylation sites is 1. The third-order valence-corrected chi connectivity index (χ3v) is 5.28. The van der Waals surface area contributed by atoms with Crippen molar-refractivity contribution in [2.75, 3.05) is 4.90 Å². The first-order valence-corrected chi connectivity index (χ1v) is 9.77. The molecule has 2 heterocycles. The highest BCUT2D eigenvalue weighted by atomic mass is 16.4. The lowest BCUT2D eigenvalue weighted by molar-refractivity contribution is 0.474. The number of nitriles is 1. The predicted molar refractivity (Wildman–Crippen MR) is 117 cm³/mol. The molecule has 0 amide bonds. The number of phenolic OH excluding ortho intramolecular Hbond substituents is 1. The maximum atomic E-state index is 10.0. The van der Waals surface area contributed by atoms with Crippen LogP contribution in [0.4, 0.5) is 11.6 Å². The number of allylic oxidation sites excluding steroid dienone is 1. The minimum absolute atomic E-state index is 0.104. The smallest absolute Gasteiger partial charge is 0.231 e. The van der Waals surface area contributed by atoms with Gasteiger partial charge in [0.1, 0.15) is 17.3 Å². The fraction of sp³-hybridized carbons (Fsp3) is 0.0400. The zero-order chi connectivity index (χ0) is 21.4. The van der Waals surface area contributed by atoms with Crippen LogP contribution in [-0.2, 0) is 0 Å². The maximum absolute atomic E-state index is 10.0. The maximum Gasteiger partial charge on any atom is 0.231 e. The van der Waals surface area contributed by atoms with Crippen molar-refractivity contribution in [2.45, 2.75) is 5.92 Å². The van der Waals surface area contributed by atoms with Crippen LogP contribution >= 0.6 is 0 Å². The number of benzene rings is 3. The number of rotatable bonds is 3. The van der Waals surface area contributed by atoms with Crippen LogP contribution in [0.2, 0.25) is 0 Å². The van der Waals surface area contributed by atoms with Gasteiger partial charge in [0, 0.05) is 5.56 Å². The van der Waals surface area contributed by atoms with Gasteiger partial charge in [-0.05, 0) is 42.0 Å². The molecule has 0 bridgehead atoms. The molecule has 6 nitrogen and oxygen atoms in total. The van der Waals surface area contributed by atoms with E-state index in [0.717, 1.165) is 11.3 Å². The lowest BCUT2D eigenvalue weighted by Gasteiger charge is -2.31. The molecule has 0 aliphatic carbocycles. The van der Waals surface area contributed by atoms with Crippen molar-refractivity contribution in [2.24, 2.45) is 5.73 Å². The average Bonchev–Trinajstić information content (AvgIpc) is 3.24. The minimum Gasteiger partial charge on any atom is -0.508 e. The fourth-order valence-electron chi connectivity index (χ4n) is 3.87. The van der Waals surface area contributed by atoms with E-state index in [1.165, 1.54) is 0 Å². The first kappa shape index (κ1) is 18.5. The Morgan fingerprint density at radius 3 is 2.35 bits per heavy atom. The van der Waals surface area contributed by atoms with Crippen molar-refractivity contribution >= 4 is 11.6 Å². The first-order chi connectivity index (χ1) is 15.2. The summed E-state index contributed by atoms with van der Waals surface area (Å²) in [5.41, 5.74) is 9.73. The summed E-state index contributed by atoms with van der Waals surface area (Å²) in [4.78, 5) is 6.50. The van der Waals surface area contributed by atoms with E-state index in [2.05, 4.69) is 6.07 Å². The Bertz CT molecular complexity index is 1320. The molecule has 0 saturated carbocycles. The molecule has 1 aliphatic heterocycles. The number of hydrogen-bond acceptors (Lipinski definition) is 6. The number of aromatic nitrogens is 1. The highest BCUT2D eigenvalue weighted by Crippen LogP contribution is 2.47. The fourth-order valence-corrected chi connectivity index (χ4v) is 3.87. The van der Waals surface area contributed by atoms with Gasteiger partial charge in [0.25, 0.3) is 0 Å². The summed E-state index contributed by atoms with van der Waals surface area (Å²) in [5, 5.41) is 20.1. The summed E-state index contributed by atoms with van der Waals surface area (Å²) in [6.45, 7) is 0. The second kappa shape index (κ2) is 7.39. The molecule has 0 fully saturated rings. The van der Waals surface area contributed by atoms with Crippen molar-refractivity contribution in [3.8, 4) is 23.3 Å². The Labute approximate surface area is 179 Å². The third kappa shape index (κ3) is 3.09. The molecule has 3 aromatic carbocycles. The predicted octanol–water partition coefficient (Wildman–Crippen LogP) is 5.02. The number of fused-ring (bicyclic) bond motifs is 1. The zero-order valence-corrected chi connectivity index (χ0v) is 16.4. The Balaban J connectivity index is 1.78. The molecule has 1 atom stereocenters. The quantitative estimate of drug-likeness (QED) is 0.495. The van der Waals surface area contributed by atoms with Crippen molar-refractivity contribution in [3.05, 3.63) is 108 Å². The van der Waals surface area contributed by atoms with Crippen LogP contribution in [0.1, 0.15) is 17.2 Å². The van der Waals surface area contributed by atoms with Crippen LogP contribution in [0.5, 0.6) is 5.75 Å². The number of phenols is 1. The normalized spacial score (nSPS) is 15.5. The van der Waals surface area contributed by atoms with Gasteiger partial charge in [-0.3, -0.25) is 4.90 Å². The SMILES string of the molecule is N#CC1=C(N)N(c2ccccc2)c2oc(-c3ccccc3)nc2[C@@H]1c1cccc(O)c1. The number of oxazole rings is 1. The van der Waals surface area contributed by atoms with Crippen LogP contribution in [0.3, 0.4) is 0 Å². The number of aromatic hydroxyl groups is 1. The van der Waals surface area contributed by atoms with Crippen LogP contribution in [0.25, 0.3) is 11.5 Å². The van der Waals surface area contributed by atoms with E-state index in [4.69, 9.17) is 15.1 Å². The molecular formula is C25H18N4O2. The highest BCUT2D eigenvalue weighted by molar-refractivity contribution is 5.74. The molecule has 1 aromatic heterocycles. The standard InChI is InChI=1S/C25H18N4O2/c26-15-20-21(17-10-7-13-19(30)14-17)22-25(29(23(20)27)18-11-5-2-6-12-18)31-24(28-22)16-8-3-1-4-9-16/h1-14,21,30H,27H2/t21-/m1/s1. The number of anilines is 2. The van der Waals surface area contributed by atoms with E-state index < -0.39 is 5.92 Å². The summed E-state index contributed by atoms with van der Waals surface area (Å²) in [6, 6.07) is 28.1. The minimum atomic E-state index is -0.562. The van der Waals surface area contributed by atoms with Gasteiger partial charge in [-0.25, -0.2) is 4.98 Å². The molecule has 31 heavy (non-hydrogen) atoms. The topological polar surface area (TPSA) is 99.3 Å². The number of nitrogens with two attached hydrogens (primary N) is 1. The van der Waals surface area contributed by atoms with Crippen molar-refractivity contribution in [1.29, 1.82) is 5.26 Å². The van der Waals surface area contributed by atoms with E-state index >= 15 is 0 Å². The van der Waals surface area contributed by atoms with E-state index in [-0.39, 0.29) is 11.6 Å². The Morgan fingerprint density at radius 2 is 1.68 bits per heavy atom. The van der Waals surface area contributed by atoms with Crippen molar-refractivity contribution in [1.82, 2.24) is 4.98 Å². The summed E-state index contributed by atoms with van der Waals surface area (Å²) >= 11 is 0. The molecular weight excluding hydrogens is 388 g/mol. The monoisotopic (exact) mass is 406 g/mol. The Morgan fingerprint density at radius 1 is 0.968 bits per heavy atom. The van der Waals surface area contributed by atoms with E-state index in [0.29, 0.717) is 28.6 Å². The summed E-state index contributed by atoms with van der Waals surface area (Å²) < 4.78 is 6.23. The molecule has 1 aliphatic rings. The van der Waals surface area contributed by atoms with Crippen LogP contribution in [-0.4, -0.2) is 10.1 Å². The van der Waals surface area contributed by atoms with Crippen LogP contribution < -0.4 is 10.6 Å². The van der Waals surface area contributed by atoms with Gasteiger partial charge in [-0.1, -0.05) is 48.5 Å². The van der Waals surface area contributed by atoms with Crippen molar-refractivity contribution in [3.63, 3.8) is 0 Å². The van der Waals surface area contributed by atoms with Gasteiger partial charge >= 0.3 is 0 Å². The molecule has 0 spiro atoms. The molecule has 0 saturated heterocycles. The molecule has 5 rings (SSSR count). The van der Waals surface area contributed by atoms with Gasteiger partial charge in [0.2, 0.25) is 11.8 Å². The Kier molecular flexibility index (Phi) is 4.42. The van der Waals surface area contributed by atoms with Gasteiger partial charge in [-0.15, -0.1) is 0 Å². The van der Waals surface area contributed by atoms with E-state index in [9.17, 15) is 10.4 Å². The van der Waals surface area contributed by atoms with Gasteiger partial charge < -0.3 is 15.3 Å². The largest absolute Gasteiger partial charge is 0.508 e. The van der Waals surface area contributed by atoms with Gasteiger partial charge in [0.15, 0.2) is 0 Å². The van der Waals surface area contributed by atoms with E-state index in [1.807, 2.05) is 66.7 Å².